The lowest BCUT2D eigenvalue weighted by molar-refractivity contribution is -0.153. The molecule has 0 aliphatic rings. The van der Waals surface area contributed by atoms with Crippen molar-refractivity contribution < 1.29 is 23.5 Å². The van der Waals surface area contributed by atoms with E-state index in [9.17, 15) is 14.0 Å². The van der Waals surface area contributed by atoms with Crippen molar-refractivity contribution in [1.29, 1.82) is 0 Å². The Bertz CT molecular complexity index is 1200. The van der Waals surface area contributed by atoms with Gasteiger partial charge in [0.05, 0.1) is 12.0 Å². The van der Waals surface area contributed by atoms with Gasteiger partial charge >= 0.3 is 11.9 Å². The van der Waals surface area contributed by atoms with Crippen LogP contribution in [0.5, 0.6) is 5.75 Å². The van der Waals surface area contributed by atoms with Gasteiger partial charge < -0.3 is 9.47 Å². The SMILES string of the molecule is C=C(C)C(=O)Oc1ccc(-c2ccc(-c3ccc(CCCOC(=O)C(C)(C)C)cc3)cc2F)cc1. The van der Waals surface area contributed by atoms with Gasteiger partial charge in [-0.15, -0.1) is 0 Å². The number of halogens is 1. The second kappa shape index (κ2) is 11.1. The Balaban J connectivity index is 1.61. The van der Waals surface area contributed by atoms with Crippen molar-refractivity contribution in [3.63, 3.8) is 0 Å². The normalized spacial score (nSPS) is 11.1. The molecule has 0 aliphatic carbocycles. The largest absolute Gasteiger partial charge is 0.465 e. The molecule has 35 heavy (non-hydrogen) atoms. The number of benzene rings is 3. The van der Waals surface area contributed by atoms with Gasteiger partial charge in [0.15, 0.2) is 0 Å². The van der Waals surface area contributed by atoms with Crippen LogP contribution in [0.15, 0.2) is 78.9 Å². The van der Waals surface area contributed by atoms with Crippen LogP contribution in [0.2, 0.25) is 0 Å². The molecule has 0 heterocycles. The molecule has 0 fully saturated rings. The van der Waals surface area contributed by atoms with Crippen molar-refractivity contribution >= 4 is 11.9 Å². The molecule has 0 saturated carbocycles. The lowest BCUT2D eigenvalue weighted by Crippen LogP contribution is -2.23. The van der Waals surface area contributed by atoms with Crippen LogP contribution in [0.3, 0.4) is 0 Å². The van der Waals surface area contributed by atoms with Gasteiger partial charge in [0, 0.05) is 11.1 Å². The predicted octanol–water partition coefficient (Wildman–Crippen LogP) is 7.16. The fraction of sp³-hybridized carbons (Fsp3) is 0.267. The van der Waals surface area contributed by atoms with E-state index in [0.717, 1.165) is 29.5 Å². The highest BCUT2D eigenvalue weighted by molar-refractivity contribution is 5.88. The molecule has 0 aliphatic heterocycles. The first-order valence-electron chi connectivity index (χ1n) is 11.6. The van der Waals surface area contributed by atoms with Crippen molar-refractivity contribution in [2.45, 2.75) is 40.5 Å². The lowest BCUT2D eigenvalue weighted by Gasteiger charge is -2.16. The number of aryl methyl sites for hydroxylation is 1. The monoisotopic (exact) mass is 474 g/mol. The average molecular weight is 475 g/mol. The first-order valence-corrected chi connectivity index (χ1v) is 11.6. The summed E-state index contributed by atoms with van der Waals surface area (Å²) in [5.41, 5.74) is 3.80. The third-order valence-electron chi connectivity index (χ3n) is 5.44. The molecule has 5 heteroatoms. The van der Waals surface area contributed by atoms with E-state index in [1.165, 1.54) is 6.07 Å². The Morgan fingerprint density at radius 2 is 1.49 bits per heavy atom. The van der Waals surface area contributed by atoms with E-state index in [2.05, 4.69) is 6.58 Å². The highest BCUT2D eigenvalue weighted by Gasteiger charge is 2.22. The number of carbonyl (C=O) groups is 2. The maximum atomic E-state index is 14.9. The van der Waals surface area contributed by atoms with Crippen LogP contribution in [0.4, 0.5) is 4.39 Å². The van der Waals surface area contributed by atoms with Crippen LogP contribution in [0, 0.1) is 11.2 Å². The second-order valence-electron chi connectivity index (χ2n) is 9.58. The molecule has 0 saturated heterocycles. The zero-order valence-electron chi connectivity index (χ0n) is 20.7. The van der Waals surface area contributed by atoms with Crippen LogP contribution in [-0.4, -0.2) is 18.5 Å². The summed E-state index contributed by atoms with van der Waals surface area (Å²) in [4.78, 5) is 23.5. The van der Waals surface area contributed by atoms with Gasteiger partial charge in [-0.3, -0.25) is 4.79 Å². The van der Waals surface area contributed by atoms with Crippen LogP contribution in [-0.2, 0) is 20.7 Å². The summed E-state index contributed by atoms with van der Waals surface area (Å²) in [6.45, 7) is 11.0. The number of rotatable bonds is 8. The topological polar surface area (TPSA) is 52.6 Å². The van der Waals surface area contributed by atoms with E-state index in [4.69, 9.17) is 9.47 Å². The van der Waals surface area contributed by atoms with Crippen molar-refractivity contribution in [2.24, 2.45) is 5.41 Å². The maximum Gasteiger partial charge on any atom is 0.338 e. The van der Waals surface area contributed by atoms with Crippen LogP contribution in [0.1, 0.15) is 39.7 Å². The zero-order valence-corrected chi connectivity index (χ0v) is 20.7. The molecule has 4 nitrogen and oxygen atoms in total. The highest BCUT2D eigenvalue weighted by atomic mass is 19.1. The molecule has 3 aromatic rings. The zero-order chi connectivity index (χ0) is 25.6. The summed E-state index contributed by atoms with van der Waals surface area (Å²) in [7, 11) is 0. The third kappa shape index (κ3) is 7.12. The quantitative estimate of drug-likeness (QED) is 0.150. The summed E-state index contributed by atoms with van der Waals surface area (Å²) >= 11 is 0. The first kappa shape index (κ1) is 25.9. The average Bonchev–Trinajstić information content (AvgIpc) is 2.82. The summed E-state index contributed by atoms with van der Waals surface area (Å²) < 4.78 is 25.4. The van der Waals surface area contributed by atoms with E-state index >= 15 is 0 Å². The lowest BCUT2D eigenvalue weighted by atomic mass is 9.97. The Morgan fingerprint density at radius 1 is 0.886 bits per heavy atom. The second-order valence-corrected chi connectivity index (χ2v) is 9.58. The van der Waals surface area contributed by atoms with Gasteiger partial charge in [-0.2, -0.15) is 0 Å². The summed E-state index contributed by atoms with van der Waals surface area (Å²) in [6.07, 6.45) is 1.54. The molecule has 0 aromatic heterocycles. The van der Waals surface area contributed by atoms with Gasteiger partial charge in [0.25, 0.3) is 0 Å². The first-order chi connectivity index (χ1) is 16.5. The van der Waals surface area contributed by atoms with Gasteiger partial charge in [-0.25, -0.2) is 9.18 Å². The van der Waals surface area contributed by atoms with Crippen molar-refractivity contribution in [3.8, 4) is 28.0 Å². The Kier molecular flexibility index (Phi) is 8.23. The molecule has 0 spiro atoms. The van der Waals surface area contributed by atoms with Crippen LogP contribution >= 0.6 is 0 Å². The molecule has 3 rings (SSSR count). The number of hydrogen-bond acceptors (Lipinski definition) is 4. The summed E-state index contributed by atoms with van der Waals surface area (Å²) in [5, 5.41) is 0. The van der Waals surface area contributed by atoms with Gasteiger partial charge in [-0.05, 0) is 81.0 Å². The van der Waals surface area contributed by atoms with Crippen LogP contribution in [0.25, 0.3) is 22.3 Å². The number of carbonyl (C=O) groups excluding carboxylic acids is 2. The summed E-state index contributed by atoms with van der Waals surface area (Å²) in [5.74, 6) is -0.645. The molecule has 0 atom stereocenters. The van der Waals surface area contributed by atoms with Gasteiger partial charge in [0.2, 0.25) is 0 Å². The van der Waals surface area contributed by atoms with Crippen LogP contribution < -0.4 is 4.74 Å². The molecule has 0 N–H and O–H groups in total. The smallest absolute Gasteiger partial charge is 0.338 e. The van der Waals surface area contributed by atoms with Gasteiger partial charge in [-0.1, -0.05) is 55.1 Å². The standard InChI is InChI=1S/C30H31FO4/c1-20(2)28(32)35-25-15-12-23(13-16-25)26-17-14-24(19-27(26)31)22-10-8-21(9-11-22)7-6-18-34-29(33)30(3,4)5/h8-17,19H,1,6-7,18H2,2-5H3. The van der Waals surface area contributed by atoms with E-state index in [1.54, 1.807) is 37.3 Å². The minimum atomic E-state index is -0.497. The van der Waals surface area contributed by atoms with E-state index in [0.29, 0.717) is 29.1 Å². The van der Waals surface area contributed by atoms with E-state index < -0.39 is 11.4 Å². The van der Waals surface area contributed by atoms with Gasteiger partial charge in [0.1, 0.15) is 11.6 Å². The fourth-order valence-electron chi connectivity index (χ4n) is 3.35. The maximum absolute atomic E-state index is 14.9. The molecule has 0 bridgehead atoms. The van der Waals surface area contributed by atoms with Crippen molar-refractivity contribution in [1.82, 2.24) is 0 Å². The van der Waals surface area contributed by atoms with Crippen molar-refractivity contribution in [3.05, 3.63) is 90.3 Å². The number of ether oxygens (including phenoxy) is 2. The summed E-state index contributed by atoms with van der Waals surface area (Å²) in [6, 6.07) is 19.8. The molecule has 0 amide bonds. The Hall–Kier alpha value is -3.73. The molecule has 3 aromatic carbocycles. The minimum absolute atomic E-state index is 0.194. The molecule has 0 unspecified atom stereocenters. The minimum Gasteiger partial charge on any atom is -0.465 e. The Morgan fingerprint density at radius 3 is 2.06 bits per heavy atom. The molecule has 0 radical (unpaired) electrons. The third-order valence-corrected chi connectivity index (χ3v) is 5.44. The number of esters is 2. The Labute approximate surface area is 206 Å². The van der Waals surface area contributed by atoms with E-state index in [-0.39, 0.29) is 11.8 Å². The molecular formula is C30H31FO4. The highest BCUT2D eigenvalue weighted by Crippen LogP contribution is 2.29. The molecule has 182 valence electrons. The molecular weight excluding hydrogens is 443 g/mol. The van der Waals surface area contributed by atoms with Crippen molar-refractivity contribution in [2.75, 3.05) is 6.61 Å². The predicted molar refractivity (Wildman–Crippen MR) is 136 cm³/mol. The number of hydrogen-bond donors (Lipinski definition) is 0. The van der Waals surface area contributed by atoms with E-state index in [1.807, 2.05) is 51.1 Å². The fourth-order valence-corrected chi connectivity index (χ4v) is 3.35.